The third-order valence-corrected chi connectivity index (χ3v) is 4.54. The number of aromatic nitrogens is 3. The van der Waals surface area contributed by atoms with Gasteiger partial charge in [0.15, 0.2) is 11.5 Å². The summed E-state index contributed by atoms with van der Waals surface area (Å²) in [7, 11) is 0. The molecule has 1 N–H and O–H groups in total. The molecule has 7 nitrogen and oxygen atoms in total. The number of carbonyl (C=O) groups is 1. The Balaban J connectivity index is 1.45. The summed E-state index contributed by atoms with van der Waals surface area (Å²) in [6.07, 6.45) is 5.89. The van der Waals surface area contributed by atoms with E-state index in [4.69, 9.17) is 4.42 Å². The van der Waals surface area contributed by atoms with Crippen molar-refractivity contribution >= 4 is 22.8 Å². The summed E-state index contributed by atoms with van der Waals surface area (Å²) in [6.45, 7) is 5.25. The van der Waals surface area contributed by atoms with Crippen LogP contribution >= 0.6 is 0 Å². The highest BCUT2D eigenvalue weighted by molar-refractivity contribution is 5.91. The fourth-order valence-electron chi connectivity index (χ4n) is 3.31. The molecule has 0 bridgehead atoms. The zero-order valence-electron chi connectivity index (χ0n) is 14.4. The first-order chi connectivity index (χ1) is 12.1. The fraction of sp³-hybridized carbons (Fsp3) is 0.389. The predicted molar refractivity (Wildman–Crippen MR) is 94.6 cm³/mol. The number of likely N-dealkylation sites (tertiary alicyclic amines) is 1. The Morgan fingerprint density at radius 2 is 2.24 bits per heavy atom. The highest BCUT2D eigenvalue weighted by Crippen LogP contribution is 2.23. The lowest BCUT2D eigenvalue weighted by atomic mass is 10.1. The quantitative estimate of drug-likeness (QED) is 0.775. The van der Waals surface area contributed by atoms with Crippen molar-refractivity contribution < 1.29 is 9.21 Å². The number of nitrogens with zero attached hydrogens (tertiary/aromatic N) is 4. The van der Waals surface area contributed by atoms with E-state index in [2.05, 4.69) is 15.4 Å². The molecule has 1 aliphatic heterocycles. The van der Waals surface area contributed by atoms with E-state index in [0.717, 1.165) is 30.5 Å². The zero-order valence-corrected chi connectivity index (χ0v) is 14.4. The molecule has 0 unspecified atom stereocenters. The Hall–Kier alpha value is -2.83. The minimum atomic E-state index is -0.0934. The van der Waals surface area contributed by atoms with Gasteiger partial charge in [-0.3, -0.25) is 4.68 Å². The molecule has 25 heavy (non-hydrogen) atoms. The highest BCUT2D eigenvalue weighted by atomic mass is 16.3. The first-order valence-electron chi connectivity index (χ1n) is 8.52. The molecular weight excluding hydrogens is 318 g/mol. The Labute approximate surface area is 145 Å². The number of amides is 2. The Morgan fingerprint density at radius 3 is 3.04 bits per heavy atom. The molecule has 1 fully saturated rings. The maximum atomic E-state index is 12.6. The van der Waals surface area contributed by atoms with Crippen molar-refractivity contribution in [2.45, 2.75) is 32.7 Å². The molecule has 2 amide bonds. The first-order valence-corrected chi connectivity index (χ1v) is 8.52. The lowest BCUT2D eigenvalue weighted by Gasteiger charge is -2.32. The van der Waals surface area contributed by atoms with Gasteiger partial charge in [0.05, 0.1) is 12.2 Å². The summed E-state index contributed by atoms with van der Waals surface area (Å²) < 4.78 is 7.50. The average molecular weight is 339 g/mol. The number of carbonyl (C=O) groups excluding carboxylic acids is 1. The number of oxazole rings is 1. The van der Waals surface area contributed by atoms with Crippen LogP contribution in [0.4, 0.5) is 10.5 Å². The highest BCUT2D eigenvalue weighted by Gasteiger charge is 2.25. The molecule has 3 aromatic rings. The van der Waals surface area contributed by atoms with Gasteiger partial charge in [-0.05, 0) is 37.5 Å². The van der Waals surface area contributed by atoms with Gasteiger partial charge in [-0.25, -0.2) is 9.78 Å². The Bertz CT molecular complexity index is 913. The monoisotopic (exact) mass is 339 g/mol. The molecule has 4 rings (SSSR count). The summed E-state index contributed by atoms with van der Waals surface area (Å²) in [4.78, 5) is 18.7. The topological polar surface area (TPSA) is 76.2 Å². The maximum absolute atomic E-state index is 12.6. The van der Waals surface area contributed by atoms with Gasteiger partial charge in [0, 0.05) is 38.0 Å². The van der Waals surface area contributed by atoms with Crippen molar-refractivity contribution in [1.82, 2.24) is 19.7 Å². The molecule has 1 aliphatic rings. The van der Waals surface area contributed by atoms with E-state index in [0.29, 0.717) is 23.7 Å². The molecule has 2 aromatic heterocycles. The number of nitrogens with one attached hydrogen (secondary N) is 1. The third-order valence-electron chi connectivity index (χ3n) is 4.54. The van der Waals surface area contributed by atoms with E-state index in [1.165, 1.54) is 0 Å². The molecule has 1 saturated heterocycles. The first kappa shape index (κ1) is 15.7. The van der Waals surface area contributed by atoms with Crippen molar-refractivity contribution in [3.05, 3.63) is 42.0 Å². The fourth-order valence-corrected chi connectivity index (χ4v) is 3.31. The van der Waals surface area contributed by atoms with Crippen LogP contribution in [0.15, 0.2) is 35.0 Å². The average Bonchev–Trinajstić information content (AvgIpc) is 3.19. The second kappa shape index (κ2) is 6.23. The van der Waals surface area contributed by atoms with E-state index >= 15 is 0 Å². The second-order valence-corrected chi connectivity index (χ2v) is 6.59. The molecule has 0 saturated carbocycles. The van der Waals surface area contributed by atoms with Gasteiger partial charge in [-0.15, -0.1) is 0 Å². The van der Waals surface area contributed by atoms with Crippen LogP contribution < -0.4 is 5.32 Å². The molecule has 1 atom stereocenters. The van der Waals surface area contributed by atoms with Crippen LogP contribution in [-0.2, 0) is 0 Å². The van der Waals surface area contributed by atoms with Crippen molar-refractivity contribution in [3.63, 3.8) is 0 Å². The van der Waals surface area contributed by atoms with Crippen LogP contribution in [-0.4, -0.2) is 38.8 Å². The van der Waals surface area contributed by atoms with Crippen LogP contribution in [0.1, 0.15) is 30.3 Å². The van der Waals surface area contributed by atoms with Crippen LogP contribution in [0, 0.1) is 13.8 Å². The van der Waals surface area contributed by atoms with Gasteiger partial charge < -0.3 is 14.6 Å². The number of hydrogen-bond donors (Lipinski definition) is 1. The number of benzene rings is 1. The SMILES string of the molecule is Cc1cnn([C@@H]2CCCN(C(=O)Nc3ccc4nc(C)oc4c3)C2)c1. The molecule has 0 aliphatic carbocycles. The largest absolute Gasteiger partial charge is 0.441 e. The standard InChI is InChI=1S/C18H21N5O2/c1-12-9-19-23(10-12)15-4-3-7-22(11-15)18(24)21-14-5-6-16-17(8-14)25-13(2)20-16/h5-6,8-10,15H,3-4,7,11H2,1-2H3,(H,21,24)/t15-/m1/s1. The van der Waals surface area contributed by atoms with Gasteiger partial charge >= 0.3 is 6.03 Å². The number of anilines is 1. The minimum Gasteiger partial charge on any atom is -0.441 e. The van der Waals surface area contributed by atoms with Gasteiger partial charge in [-0.2, -0.15) is 5.10 Å². The summed E-state index contributed by atoms with van der Waals surface area (Å²) in [5.74, 6) is 0.617. The van der Waals surface area contributed by atoms with Crippen LogP contribution in [0.2, 0.25) is 0 Å². The van der Waals surface area contributed by atoms with E-state index in [9.17, 15) is 4.79 Å². The Morgan fingerprint density at radius 1 is 1.36 bits per heavy atom. The predicted octanol–water partition coefficient (Wildman–Crippen LogP) is 3.51. The normalized spacial score (nSPS) is 17.8. The van der Waals surface area contributed by atoms with Crippen LogP contribution in [0.3, 0.4) is 0 Å². The van der Waals surface area contributed by atoms with E-state index in [1.807, 2.05) is 54.0 Å². The lowest BCUT2D eigenvalue weighted by Crippen LogP contribution is -2.43. The second-order valence-electron chi connectivity index (χ2n) is 6.59. The summed E-state index contributed by atoms with van der Waals surface area (Å²) >= 11 is 0. The number of aryl methyl sites for hydroxylation is 2. The number of hydrogen-bond acceptors (Lipinski definition) is 4. The zero-order chi connectivity index (χ0) is 17.4. The van der Waals surface area contributed by atoms with Crippen molar-refractivity contribution in [1.29, 1.82) is 0 Å². The van der Waals surface area contributed by atoms with Gasteiger partial charge in [-0.1, -0.05) is 0 Å². The molecule has 3 heterocycles. The summed E-state index contributed by atoms with van der Waals surface area (Å²) in [5.41, 5.74) is 3.32. The molecule has 7 heteroatoms. The van der Waals surface area contributed by atoms with Crippen molar-refractivity contribution in [3.8, 4) is 0 Å². The van der Waals surface area contributed by atoms with Crippen molar-refractivity contribution in [2.75, 3.05) is 18.4 Å². The minimum absolute atomic E-state index is 0.0934. The van der Waals surface area contributed by atoms with Gasteiger partial charge in [0.2, 0.25) is 0 Å². The summed E-state index contributed by atoms with van der Waals surface area (Å²) in [5, 5.41) is 7.35. The number of fused-ring (bicyclic) bond motifs is 1. The molecule has 130 valence electrons. The van der Waals surface area contributed by atoms with Gasteiger partial charge in [0.25, 0.3) is 0 Å². The molecular formula is C18H21N5O2. The maximum Gasteiger partial charge on any atom is 0.321 e. The number of rotatable bonds is 2. The molecule has 1 aromatic carbocycles. The van der Waals surface area contributed by atoms with Crippen molar-refractivity contribution in [2.24, 2.45) is 0 Å². The van der Waals surface area contributed by atoms with Gasteiger partial charge in [0.1, 0.15) is 5.52 Å². The van der Waals surface area contributed by atoms with Crippen LogP contribution in [0.5, 0.6) is 0 Å². The third kappa shape index (κ3) is 3.22. The molecule has 0 spiro atoms. The molecule has 0 radical (unpaired) electrons. The van der Waals surface area contributed by atoms with E-state index in [-0.39, 0.29) is 12.1 Å². The smallest absolute Gasteiger partial charge is 0.321 e. The van der Waals surface area contributed by atoms with E-state index < -0.39 is 0 Å². The van der Waals surface area contributed by atoms with E-state index in [1.54, 1.807) is 0 Å². The van der Waals surface area contributed by atoms with Crippen LogP contribution in [0.25, 0.3) is 11.1 Å². The number of piperidine rings is 1. The lowest BCUT2D eigenvalue weighted by molar-refractivity contribution is 0.175. The summed E-state index contributed by atoms with van der Waals surface area (Å²) in [6, 6.07) is 5.65. The number of urea groups is 1. The Kier molecular flexibility index (Phi) is 3.91.